The van der Waals surface area contributed by atoms with E-state index in [2.05, 4.69) is 0 Å². The summed E-state index contributed by atoms with van der Waals surface area (Å²) < 4.78 is 47.2. The average Bonchev–Trinajstić information content (AvgIpc) is 2.67. The van der Waals surface area contributed by atoms with Crippen LogP contribution in [0.1, 0.15) is 19.3 Å². The molecule has 0 radical (unpaired) electrons. The molecule has 0 saturated carbocycles. The van der Waals surface area contributed by atoms with Crippen molar-refractivity contribution in [3.05, 3.63) is 59.4 Å². The van der Waals surface area contributed by atoms with Gasteiger partial charge in [-0.3, -0.25) is 4.79 Å². The monoisotopic (exact) mass is 440 g/mol. The topological polar surface area (TPSA) is 89.7 Å². The van der Waals surface area contributed by atoms with E-state index in [0.29, 0.717) is 23.6 Å². The van der Waals surface area contributed by atoms with Crippen molar-refractivity contribution in [1.29, 1.82) is 0 Å². The summed E-state index contributed by atoms with van der Waals surface area (Å²) in [5, 5.41) is 0.559. The van der Waals surface area contributed by atoms with E-state index in [1.54, 1.807) is 24.3 Å². The van der Waals surface area contributed by atoms with Crippen LogP contribution in [0.25, 0.3) is 0 Å². The van der Waals surface area contributed by atoms with Gasteiger partial charge < -0.3 is 10.5 Å². The highest BCUT2D eigenvalue weighted by Crippen LogP contribution is 2.37. The molecule has 0 unspecified atom stereocenters. The molecule has 1 aliphatic rings. The predicted molar refractivity (Wildman–Crippen MR) is 108 cm³/mol. The van der Waals surface area contributed by atoms with Gasteiger partial charge in [-0.25, -0.2) is 12.8 Å². The molecule has 9 heteroatoms. The summed E-state index contributed by atoms with van der Waals surface area (Å²) in [6, 6.07) is 12.0. The Morgan fingerprint density at radius 3 is 2.55 bits per heavy atom. The van der Waals surface area contributed by atoms with Crippen LogP contribution in [0.3, 0.4) is 0 Å². The van der Waals surface area contributed by atoms with E-state index in [-0.39, 0.29) is 31.0 Å². The molecule has 1 amide bonds. The van der Waals surface area contributed by atoms with Gasteiger partial charge in [-0.1, -0.05) is 23.7 Å². The number of hydrogen-bond acceptors (Lipinski definition) is 4. The predicted octanol–water partition coefficient (Wildman–Crippen LogP) is 3.20. The number of rotatable bonds is 7. The lowest BCUT2D eigenvalue weighted by Crippen LogP contribution is -2.50. The molecule has 1 heterocycles. The van der Waals surface area contributed by atoms with E-state index < -0.39 is 27.2 Å². The van der Waals surface area contributed by atoms with Gasteiger partial charge in [0.15, 0.2) is 0 Å². The maximum atomic E-state index is 14.1. The molecule has 1 fully saturated rings. The van der Waals surface area contributed by atoms with Gasteiger partial charge in [-0.05, 0) is 49.2 Å². The van der Waals surface area contributed by atoms with Gasteiger partial charge in [0.05, 0.1) is 6.61 Å². The summed E-state index contributed by atoms with van der Waals surface area (Å²) in [6.45, 7) is 0.346. The van der Waals surface area contributed by atoms with Crippen molar-refractivity contribution in [2.75, 3.05) is 19.7 Å². The molecule has 2 aromatic rings. The number of primary amides is 1. The highest BCUT2D eigenvalue weighted by molar-refractivity contribution is 7.89. The van der Waals surface area contributed by atoms with Crippen LogP contribution < -0.4 is 10.5 Å². The number of carbonyl (C=O) groups is 1. The van der Waals surface area contributed by atoms with E-state index in [1.807, 2.05) is 0 Å². The SMILES string of the molecule is NC(=O)C[C@]1(COc2ccc(Cl)cc2)CCCN(S(=O)(=O)c2ccccc2F)C1. The third kappa shape index (κ3) is 5.07. The van der Waals surface area contributed by atoms with Crippen LogP contribution in [0.4, 0.5) is 4.39 Å². The van der Waals surface area contributed by atoms with Gasteiger partial charge in [0.25, 0.3) is 0 Å². The molecule has 0 aliphatic carbocycles. The Morgan fingerprint density at radius 2 is 1.90 bits per heavy atom. The molecule has 2 N–H and O–H groups in total. The Kier molecular flexibility index (Phi) is 6.45. The van der Waals surface area contributed by atoms with Crippen LogP contribution in [0.5, 0.6) is 5.75 Å². The van der Waals surface area contributed by atoms with Crippen LogP contribution in [0, 0.1) is 11.2 Å². The second-order valence-corrected chi connectivity index (χ2v) is 9.60. The lowest BCUT2D eigenvalue weighted by molar-refractivity contribution is -0.121. The zero-order valence-electron chi connectivity index (χ0n) is 15.7. The minimum Gasteiger partial charge on any atom is -0.493 e. The number of hydrogen-bond donors (Lipinski definition) is 1. The Hall–Kier alpha value is -2.16. The minimum absolute atomic E-state index is 0.0141. The van der Waals surface area contributed by atoms with Crippen LogP contribution >= 0.6 is 11.6 Å². The quantitative estimate of drug-likeness (QED) is 0.715. The Bertz CT molecular complexity index is 984. The number of piperidine rings is 1. The van der Waals surface area contributed by atoms with Gasteiger partial charge in [-0.15, -0.1) is 0 Å². The molecule has 156 valence electrons. The average molecular weight is 441 g/mol. The van der Waals surface area contributed by atoms with E-state index in [9.17, 15) is 17.6 Å². The van der Waals surface area contributed by atoms with Crippen molar-refractivity contribution in [3.8, 4) is 5.75 Å². The van der Waals surface area contributed by atoms with Crippen molar-refractivity contribution in [1.82, 2.24) is 4.31 Å². The van der Waals surface area contributed by atoms with Crippen LogP contribution in [0.15, 0.2) is 53.4 Å². The maximum absolute atomic E-state index is 14.1. The zero-order chi connectivity index (χ0) is 21.1. The number of amides is 1. The van der Waals surface area contributed by atoms with Crippen molar-refractivity contribution < 1.29 is 22.3 Å². The molecular weight excluding hydrogens is 419 g/mol. The standard InChI is InChI=1S/C20H22ClFN2O4S/c21-15-6-8-16(9-7-15)28-14-20(12-19(23)25)10-3-11-24(13-20)29(26,27)18-5-2-1-4-17(18)22/h1-2,4-9H,3,10-14H2,(H2,23,25)/t20-/m1/s1. The lowest BCUT2D eigenvalue weighted by atomic mass is 9.78. The maximum Gasteiger partial charge on any atom is 0.246 e. The summed E-state index contributed by atoms with van der Waals surface area (Å²) in [4.78, 5) is 11.3. The smallest absolute Gasteiger partial charge is 0.246 e. The molecular formula is C20H22ClFN2O4S. The highest BCUT2D eigenvalue weighted by Gasteiger charge is 2.42. The van der Waals surface area contributed by atoms with Crippen LogP contribution in [-0.4, -0.2) is 38.3 Å². The lowest BCUT2D eigenvalue weighted by Gasteiger charge is -2.41. The third-order valence-electron chi connectivity index (χ3n) is 4.99. The summed E-state index contributed by atoms with van der Waals surface area (Å²) in [6.07, 6.45) is 1.03. The number of benzene rings is 2. The summed E-state index contributed by atoms with van der Waals surface area (Å²) in [5.41, 5.74) is 4.64. The van der Waals surface area contributed by atoms with E-state index in [1.165, 1.54) is 22.5 Å². The van der Waals surface area contributed by atoms with E-state index in [0.717, 1.165) is 6.07 Å². The van der Waals surface area contributed by atoms with Crippen LogP contribution in [0.2, 0.25) is 5.02 Å². The van der Waals surface area contributed by atoms with Gasteiger partial charge in [0.1, 0.15) is 16.5 Å². The number of halogens is 2. The summed E-state index contributed by atoms with van der Waals surface area (Å²) >= 11 is 5.88. The number of sulfonamides is 1. The van der Waals surface area contributed by atoms with Crippen molar-refractivity contribution in [2.24, 2.45) is 11.1 Å². The summed E-state index contributed by atoms with van der Waals surface area (Å²) in [5.74, 6) is -0.807. The first-order valence-electron chi connectivity index (χ1n) is 9.13. The number of ether oxygens (including phenoxy) is 1. The highest BCUT2D eigenvalue weighted by atomic mass is 35.5. The minimum atomic E-state index is -4.05. The normalized spacial score (nSPS) is 20.3. The van der Waals surface area contributed by atoms with Gasteiger partial charge in [0.2, 0.25) is 15.9 Å². The van der Waals surface area contributed by atoms with E-state index >= 15 is 0 Å². The molecule has 2 aromatic carbocycles. The molecule has 6 nitrogen and oxygen atoms in total. The van der Waals surface area contributed by atoms with Crippen LogP contribution in [-0.2, 0) is 14.8 Å². The third-order valence-corrected chi connectivity index (χ3v) is 7.12. The molecule has 0 spiro atoms. The number of nitrogens with zero attached hydrogens (tertiary/aromatic N) is 1. The molecule has 1 saturated heterocycles. The van der Waals surface area contributed by atoms with Crippen molar-refractivity contribution >= 4 is 27.5 Å². The molecule has 3 rings (SSSR count). The number of carbonyl (C=O) groups excluding carboxylic acids is 1. The fourth-order valence-electron chi connectivity index (χ4n) is 3.61. The second-order valence-electron chi connectivity index (χ2n) is 7.26. The van der Waals surface area contributed by atoms with Gasteiger partial charge in [0, 0.05) is 29.9 Å². The Morgan fingerprint density at radius 1 is 1.21 bits per heavy atom. The first kappa shape index (κ1) is 21.5. The molecule has 0 bridgehead atoms. The first-order valence-corrected chi connectivity index (χ1v) is 11.0. The largest absolute Gasteiger partial charge is 0.493 e. The van der Waals surface area contributed by atoms with Gasteiger partial charge in [-0.2, -0.15) is 4.31 Å². The molecule has 1 aliphatic heterocycles. The molecule has 29 heavy (non-hydrogen) atoms. The summed E-state index contributed by atoms with van der Waals surface area (Å²) in [7, 11) is -4.05. The Labute approximate surface area is 174 Å². The van der Waals surface area contributed by atoms with Gasteiger partial charge >= 0.3 is 0 Å². The van der Waals surface area contributed by atoms with Crippen molar-refractivity contribution in [3.63, 3.8) is 0 Å². The number of nitrogens with two attached hydrogens (primary N) is 1. The fraction of sp³-hybridized carbons (Fsp3) is 0.350. The zero-order valence-corrected chi connectivity index (χ0v) is 17.3. The first-order chi connectivity index (χ1) is 13.7. The van der Waals surface area contributed by atoms with Crippen molar-refractivity contribution in [2.45, 2.75) is 24.2 Å². The molecule has 1 atom stereocenters. The van der Waals surface area contributed by atoms with E-state index in [4.69, 9.17) is 22.1 Å². The molecule has 0 aromatic heterocycles. The second kappa shape index (κ2) is 8.69. The fourth-order valence-corrected chi connectivity index (χ4v) is 5.39. The Balaban J connectivity index is 1.84.